The van der Waals surface area contributed by atoms with Gasteiger partial charge in [0.05, 0.1) is 5.02 Å². The first kappa shape index (κ1) is 11.0. The van der Waals surface area contributed by atoms with Crippen LogP contribution in [0.2, 0.25) is 5.02 Å². The molecule has 1 rings (SSSR count). The molecule has 0 aromatic heterocycles. The van der Waals surface area contributed by atoms with Crippen LogP contribution in [-0.4, -0.2) is 0 Å². The Hall–Kier alpha value is -0.0500. The first-order valence-electron chi connectivity index (χ1n) is 4.36. The number of hydrogen-bond donors (Lipinski definition) is 1. The minimum absolute atomic E-state index is 0.0509. The van der Waals surface area contributed by atoms with Gasteiger partial charge in [-0.05, 0) is 34.0 Å². The van der Waals surface area contributed by atoms with E-state index in [0.717, 1.165) is 27.9 Å². The van der Waals surface area contributed by atoms with Crippen LogP contribution in [-0.2, 0) is 0 Å². The van der Waals surface area contributed by atoms with Gasteiger partial charge >= 0.3 is 0 Å². The summed E-state index contributed by atoms with van der Waals surface area (Å²) < 4.78 is 0.915. The van der Waals surface area contributed by atoms with Crippen LogP contribution in [0, 0.1) is 0 Å². The SMILES string of the molecule is CCC[C@H](N)c1cccc(Br)c1Cl. The highest BCUT2D eigenvalue weighted by Crippen LogP contribution is 2.30. The Bertz CT molecular complexity index is 288. The Kier molecular flexibility index (Phi) is 4.23. The molecule has 0 radical (unpaired) electrons. The summed E-state index contributed by atoms with van der Waals surface area (Å²) in [5, 5.41) is 0.739. The fourth-order valence-electron chi connectivity index (χ4n) is 1.27. The molecule has 1 aromatic carbocycles. The largest absolute Gasteiger partial charge is 0.324 e. The van der Waals surface area contributed by atoms with E-state index in [1.165, 1.54) is 0 Å². The van der Waals surface area contributed by atoms with E-state index in [-0.39, 0.29) is 6.04 Å². The van der Waals surface area contributed by atoms with E-state index >= 15 is 0 Å². The number of nitrogens with two attached hydrogens (primary N) is 1. The van der Waals surface area contributed by atoms with Crippen molar-refractivity contribution in [3.8, 4) is 0 Å². The van der Waals surface area contributed by atoms with Crippen molar-refractivity contribution >= 4 is 27.5 Å². The third-order valence-electron chi connectivity index (χ3n) is 1.98. The second kappa shape index (κ2) is 4.99. The molecular formula is C10H13BrClN. The zero-order valence-electron chi connectivity index (χ0n) is 7.56. The van der Waals surface area contributed by atoms with E-state index in [9.17, 15) is 0 Å². The molecule has 0 amide bonds. The first-order valence-corrected chi connectivity index (χ1v) is 5.53. The van der Waals surface area contributed by atoms with Gasteiger partial charge in [0.25, 0.3) is 0 Å². The molecule has 0 heterocycles. The van der Waals surface area contributed by atoms with Crippen LogP contribution in [0.25, 0.3) is 0 Å². The van der Waals surface area contributed by atoms with Crippen molar-refractivity contribution in [2.24, 2.45) is 5.73 Å². The lowest BCUT2D eigenvalue weighted by Crippen LogP contribution is -2.10. The monoisotopic (exact) mass is 261 g/mol. The number of benzene rings is 1. The molecule has 2 N–H and O–H groups in total. The summed E-state index contributed by atoms with van der Waals surface area (Å²) in [5.41, 5.74) is 7.00. The van der Waals surface area contributed by atoms with Gasteiger partial charge in [0, 0.05) is 10.5 Å². The molecule has 13 heavy (non-hydrogen) atoms. The van der Waals surface area contributed by atoms with Crippen molar-refractivity contribution in [1.29, 1.82) is 0 Å². The molecule has 1 nitrogen and oxygen atoms in total. The summed E-state index contributed by atoms with van der Waals surface area (Å²) in [4.78, 5) is 0. The maximum Gasteiger partial charge on any atom is 0.0595 e. The van der Waals surface area contributed by atoms with Crippen LogP contribution in [0.1, 0.15) is 31.4 Å². The van der Waals surface area contributed by atoms with E-state index in [4.69, 9.17) is 17.3 Å². The Labute approximate surface area is 92.4 Å². The Morgan fingerprint density at radius 3 is 2.85 bits per heavy atom. The molecule has 0 spiro atoms. The Morgan fingerprint density at radius 2 is 2.23 bits per heavy atom. The Balaban J connectivity index is 2.93. The lowest BCUT2D eigenvalue weighted by atomic mass is 10.0. The van der Waals surface area contributed by atoms with Gasteiger partial charge in [-0.25, -0.2) is 0 Å². The summed E-state index contributed by atoms with van der Waals surface area (Å²) in [6, 6.07) is 5.91. The van der Waals surface area contributed by atoms with E-state index in [1.54, 1.807) is 0 Å². The highest BCUT2D eigenvalue weighted by molar-refractivity contribution is 9.10. The highest BCUT2D eigenvalue weighted by atomic mass is 79.9. The van der Waals surface area contributed by atoms with Crippen molar-refractivity contribution in [3.05, 3.63) is 33.3 Å². The zero-order chi connectivity index (χ0) is 9.84. The van der Waals surface area contributed by atoms with E-state index in [0.29, 0.717) is 0 Å². The zero-order valence-corrected chi connectivity index (χ0v) is 9.90. The normalized spacial score (nSPS) is 12.9. The van der Waals surface area contributed by atoms with Crippen LogP contribution < -0.4 is 5.73 Å². The molecular weight excluding hydrogens is 249 g/mol. The van der Waals surface area contributed by atoms with Crippen LogP contribution in [0.15, 0.2) is 22.7 Å². The number of halogens is 2. The average molecular weight is 263 g/mol. The van der Waals surface area contributed by atoms with Crippen LogP contribution in [0.3, 0.4) is 0 Å². The minimum Gasteiger partial charge on any atom is -0.324 e. The first-order chi connectivity index (χ1) is 6.16. The van der Waals surface area contributed by atoms with Crippen molar-refractivity contribution in [2.75, 3.05) is 0 Å². The van der Waals surface area contributed by atoms with Crippen molar-refractivity contribution < 1.29 is 0 Å². The molecule has 0 aliphatic rings. The minimum atomic E-state index is 0.0509. The van der Waals surface area contributed by atoms with Gasteiger partial charge in [-0.15, -0.1) is 0 Å². The van der Waals surface area contributed by atoms with E-state index in [1.807, 2.05) is 18.2 Å². The number of rotatable bonds is 3. The predicted molar refractivity (Wildman–Crippen MR) is 61.0 cm³/mol. The predicted octanol–water partition coefficient (Wildman–Crippen LogP) is 3.90. The van der Waals surface area contributed by atoms with E-state index in [2.05, 4.69) is 22.9 Å². The maximum absolute atomic E-state index is 6.10. The molecule has 1 atom stereocenters. The maximum atomic E-state index is 6.10. The lowest BCUT2D eigenvalue weighted by molar-refractivity contribution is 0.638. The third kappa shape index (κ3) is 2.70. The van der Waals surface area contributed by atoms with Gasteiger partial charge in [0.15, 0.2) is 0 Å². The van der Waals surface area contributed by atoms with Gasteiger partial charge in [-0.3, -0.25) is 0 Å². The standard InChI is InChI=1S/C10H13BrClN/c1-2-4-9(13)7-5-3-6-8(11)10(7)12/h3,5-6,9H,2,4,13H2,1H3/t9-/m0/s1. The third-order valence-corrected chi connectivity index (χ3v) is 3.29. The summed E-state index contributed by atoms with van der Waals surface area (Å²) in [7, 11) is 0. The van der Waals surface area contributed by atoms with Crippen molar-refractivity contribution in [3.63, 3.8) is 0 Å². The molecule has 0 fully saturated rings. The molecule has 0 bridgehead atoms. The van der Waals surface area contributed by atoms with Gasteiger partial charge in [0.2, 0.25) is 0 Å². The molecule has 3 heteroatoms. The van der Waals surface area contributed by atoms with Crippen LogP contribution in [0.5, 0.6) is 0 Å². The smallest absolute Gasteiger partial charge is 0.0595 e. The second-order valence-corrected chi connectivity index (χ2v) is 4.27. The summed E-state index contributed by atoms with van der Waals surface area (Å²) in [6.07, 6.45) is 2.04. The van der Waals surface area contributed by atoms with Gasteiger partial charge in [-0.2, -0.15) is 0 Å². The van der Waals surface area contributed by atoms with Gasteiger partial charge in [-0.1, -0.05) is 37.1 Å². The highest BCUT2D eigenvalue weighted by Gasteiger charge is 2.10. The average Bonchev–Trinajstić information content (AvgIpc) is 2.10. The lowest BCUT2D eigenvalue weighted by Gasteiger charge is -2.13. The summed E-state index contributed by atoms with van der Waals surface area (Å²) in [6.45, 7) is 2.12. The molecule has 72 valence electrons. The summed E-state index contributed by atoms with van der Waals surface area (Å²) >= 11 is 9.47. The molecule has 1 aromatic rings. The molecule has 0 saturated heterocycles. The van der Waals surface area contributed by atoms with Crippen molar-refractivity contribution in [1.82, 2.24) is 0 Å². The van der Waals surface area contributed by atoms with Gasteiger partial charge < -0.3 is 5.73 Å². The molecule has 0 aliphatic carbocycles. The van der Waals surface area contributed by atoms with Crippen LogP contribution in [0.4, 0.5) is 0 Å². The molecule has 0 saturated carbocycles. The topological polar surface area (TPSA) is 26.0 Å². The van der Waals surface area contributed by atoms with Crippen LogP contribution >= 0.6 is 27.5 Å². The quantitative estimate of drug-likeness (QED) is 0.878. The number of hydrogen-bond acceptors (Lipinski definition) is 1. The fourth-order valence-corrected chi connectivity index (χ4v) is 1.92. The summed E-state index contributed by atoms with van der Waals surface area (Å²) in [5.74, 6) is 0. The van der Waals surface area contributed by atoms with Crippen molar-refractivity contribution in [2.45, 2.75) is 25.8 Å². The second-order valence-electron chi connectivity index (χ2n) is 3.04. The Morgan fingerprint density at radius 1 is 1.54 bits per heavy atom. The fraction of sp³-hybridized carbons (Fsp3) is 0.400. The van der Waals surface area contributed by atoms with Gasteiger partial charge in [0.1, 0.15) is 0 Å². The van der Waals surface area contributed by atoms with E-state index < -0.39 is 0 Å². The molecule has 0 aliphatic heterocycles. The molecule has 0 unspecified atom stereocenters.